The van der Waals surface area contributed by atoms with Gasteiger partial charge >= 0.3 is 6.09 Å². The standard InChI is InChI=1S/C26H29ClN6O2S/c1-26(2,3)35-25(34)33-11-9-32(10-12-33)16-17-6-8-28-22(14-17)31-24-29-20-5-4-18(15-21(20)30-24)19-7-13-36-23(19)27/h4-8,13-15H,9-12,16H2,1-3H3,(H2,28,29,30,31). The molecule has 4 aromatic rings. The highest BCUT2D eigenvalue weighted by atomic mass is 35.5. The van der Waals surface area contributed by atoms with Crippen LogP contribution in [0.5, 0.6) is 0 Å². The summed E-state index contributed by atoms with van der Waals surface area (Å²) in [5.41, 5.74) is 4.53. The van der Waals surface area contributed by atoms with Gasteiger partial charge in [0.1, 0.15) is 15.8 Å². The first-order chi connectivity index (χ1) is 17.2. The van der Waals surface area contributed by atoms with Crippen LogP contribution >= 0.6 is 22.9 Å². The van der Waals surface area contributed by atoms with Gasteiger partial charge in [-0.1, -0.05) is 17.7 Å². The number of pyridine rings is 1. The lowest BCUT2D eigenvalue weighted by Crippen LogP contribution is -2.49. The van der Waals surface area contributed by atoms with Gasteiger partial charge in [-0.2, -0.15) is 0 Å². The van der Waals surface area contributed by atoms with Crippen LogP contribution in [-0.4, -0.2) is 62.6 Å². The van der Waals surface area contributed by atoms with Gasteiger partial charge in [-0.25, -0.2) is 14.8 Å². The predicted molar refractivity (Wildman–Crippen MR) is 145 cm³/mol. The molecule has 1 aliphatic heterocycles. The highest BCUT2D eigenvalue weighted by Crippen LogP contribution is 2.34. The van der Waals surface area contributed by atoms with Crippen molar-refractivity contribution in [3.8, 4) is 11.1 Å². The number of anilines is 2. The number of halogens is 1. The normalized spacial score (nSPS) is 14.8. The average molecular weight is 525 g/mol. The fourth-order valence-corrected chi connectivity index (χ4v) is 5.14. The van der Waals surface area contributed by atoms with E-state index >= 15 is 0 Å². The lowest BCUT2D eigenvalue weighted by molar-refractivity contribution is 0.0139. The second-order valence-corrected chi connectivity index (χ2v) is 11.4. The summed E-state index contributed by atoms with van der Waals surface area (Å²) in [6.07, 6.45) is 1.56. The molecular formula is C26H29ClN6O2S. The van der Waals surface area contributed by atoms with Crippen LogP contribution in [0.25, 0.3) is 22.2 Å². The maximum Gasteiger partial charge on any atom is 0.410 e. The van der Waals surface area contributed by atoms with E-state index in [4.69, 9.17) is 16.3 Å². The van der Waals surface area contributed by atoms with E-state index in [1.165, 1.54) is 11.3 Å². The van der Waals surface area contributed by atoms with Crippen LogP contribution in [-0.2, 0) is 11.3 Å². The molecule has 0 radical (unpaired) electrons. The van der Waals surface area contributed by atoms with Crippen LogP contribution < -0.4 is 5.32 Å². The lowest BCUT2D eigenvalue weighted by atomic mass is 10.1. The number of aromatic amines is 1. The molecule has 0 aliphatic carbocycles. The van der Waals surface area contributed by atoms with Crippen molar-refractivity contribution in [1.29, 1.82) is 0 Å². The molecule has 0 bridgehead atoms. The monoisotopic (exact) mass is 524 g/mol. The number of hydrogen-bond acceptors (Lipinski definition) is 7. The minimum absolute atomic E-state index is 0.242. The number of carbonyl (C=O) groups excluding carboxylic acids is 1. The van der Waals surface area contributed by atoms with E-state index in [1.54, 1.807) is 11.1 Å². The van der Waals surface area contributed by atoms with Gasteiger partial charge < -0.3 is 19.9 Å². The Balaban J connectivity index is 1.21. The number of fused-ring (bicyclic) bond motifs is 1. The van der Waals surface area contributed by atoms with Crippen molar-refractivity contribution in [1.82, 2.24) is 24.8 Å². The third-order valence-corrected chi connectivity index (χ3v) is 7.08. The molecule has 1 amide bonds. The second-order valence-electron chi connectivity index (χ2n) is 9.84. The lowest BCUT2D eigenvalue weighted by Gasteiger charge is -2.35. The van der Waals surface area contributed by atoms with Crippen LogP contribution in [0, 0.1) is 0 Å². The highest BCUT2D eigenvalue weighted by molar-refractivity contribution is 7.15. The summed E-state index contributed by atoms with van der Waals surface area (Å²) >= 11 is 7.83. The number of ether oxygens (including phenoxy) is 1. The molecule has 1 fully saturated rings. The van der Waals surface area contributed by atoms with E-state index in [-0.39, 0.29) is 6.09 Å². The first-order valence-electron chi connectivity index (χ1n) is 11.9. The van der Waals surface area contributed by atoms with Gasteiger partial charge in [0.05, 0.1) is 11.0 Å². The van der Waals surface area contributed by atoms with E-state index in [0.717, 1.165) is 57.5 Å². The summed E-state index contributed by atoms with van der Waals surface area (Å²) in [6, 6.07) is 12.1. The maximum atomic E-state index is 12.3. The second kappa shape index (κ2) is 10.1. The zero-order valence-corrected chi connectivity index (χ0v) is 22.1. The Bertz CT molecular complexity index is 1370. The number of rotatable bonds is 5. The van der Waals surface area contributed by atoms with Crippen molar-refractivity contribution in [3.63, 3.8) is 0 Å². The molecule has 0 atom stereocenters. The van der Waals surface area contributed by atoms with Crippen LogP contribution in [0.4, 0.5) is 16.6 Å². The zero-order valence-electron chi connectivity index (χ0n) is 20.5. The molecule has 5 rings (SSSR count). The maximum absolute atomic E-state index is 12.3. The van der Waals surface area contributed by atoms with Crippen LogP contribution in [0.1, 0.15) is 26.3 Å². The summed E-state index contributed by atoms with van der Waals surface area (Å²) < 4.78 is 6.27. The summed E-state index contributed by atoms with van der Waals surface area (Å²) in [6.45, 7) is 9.35. The fraction of sp³-hybridized carbons (Fsp3) is 0.346. The number of nitrogens with zero attached hydrogens (tertiary/aromatic N) is 4. The Hall–Kier alpha value is -3.14. The van der Waals surface area contributed by atoms with E-state index in [0.29, 0.717) is 19.0 Å². The number of carbonyl (C=O) groups is 1. The largest absolute Gasteiger partial charge is 0.444 e. The van der Waals surface area contributed by atoms with Crippen molar-refractivity contribution >= 4 is 51.8 Å². The van der Waals surface area contributed by atoms with Gasteiger partial charge in [-0.05, 0) is 67.6 Å². The van der Waals surface area contributed by atoms with Crippen molar-refractivity contribution in [2.24, 2.45) is 0 Å². The Morgan fingerprint density at radius 2 is 1.97 bits per heavy atom. The molecule has 0 unspecified atom stereocenters. The van der Waals surface area contributed by atoms with Crippen LogP contribution in [0.15, 0.2) is 48.0 Å². The van der Waals surface area contributed by atoms with Gasteiger partial charge in [0.25, 0.3) is 0 Å². The Morgan fingerprint density at radius 1 is 1.17 bits per heavy atom. The molecule has 36 heavy (non-hydrogen) atoms. The van der Waals surface area contributed by atoms with E-state index < -0.39 is 5.60 Å². The van der Waals surface area contributed by atoms with Gasteiger partial charge in [-0.3, -0.25) is 4.90 Å². The average Bonchev–Trinajstić information content (AvgIpc) is 3.43. The van der Waals surface area contributed by atoms with Crippen molar-refractivity contribution < 1.29 is 9.53 Å². The Morgan fingerprint density at radius 3 is 2.69 bits per heavy atom. The van der Waals surface area contributed by atoms with E-state index in [9.17, 15) is 4.79 Å². The van der Waals surface area contributed by atoms with Gasteiger partial charge in [0.15, 0.2) is 0 Å². The molecule has 2 N–H and O–H groups in total. The highest BCUT2D eigenvalue weighted by Gasteiger charge is 2.25. The topological polar surface area (TPSA) is 86.4 Å². The quantitative estimate of drug-likeness (QED) is 0.326. The number of nitrogens with one attached hydrogen (secondary N) is 2. The Kier molecular flexibility index (Phi) is 6.87. The molecular weight excluding hydrogens is 496 g/mol. The first kappa shape index (κ1) is 24.5. The predicted octanol–water partition coefficient (Wildman–Crippen LogP) is 6.14. The third-order valence-electron chi connectivity index (χ3n) is 5.91. The molecule has 1 aliphatic rings. The number of H-pyrrole nitrogens is 1. The number of piperazine rings is 1. The van der Waals surface area contributed by atoms with E-state index in [1.807, 2.05) is 56.5 Å². The molecule has 0 spiro atoms. The number of hydrogen-bond donors (Lipinski definition) is 2. The van der Waals surface area contributed by atoms with Gasteiger partial charge in [0, 0.05) is 44.5 Å². The summed E-state index contributed by atoms with van der Waals surface area (Å²) in [7, 11) is 0. The van der Waals surface area contributed by atoms with Crippen LogP contribution in [0.2, 0.25) is 4.34 Å². The minimum atomic E-state index is -0.478. The van der Waals surface area contributed by atoms with Crippen molar-refractivity contribution in [2.45, 2.75) is 32.9 Å². The number of benzene rings is 1. The summed E-state index contributed by atoms with van der Waals surface area (Å²) in [5.74, 6) is 1.36. The fourth-order valence-electron chi connectivity index (χ4n) is 4.17. The molecule has 1 aromatic carbocycles. The van der Waals surface area contributed by atoms with Crippen molar-refractivity contribution in [3.05, 3.63) is 57.9 Å². The molecule has 4 heterocycles. The molecule has 1 saturated heterocycles. The number of imidazole rings is 1. The molecule has 8 nitrogen and oxygen atoms in total. The first-order valence-corrected chi connectivity index (χ1v) is 13.1. The van der Waals surface area contributed by atoms with E-state index in [2.05, 4.69) is 31.2 Å². The zero-order chi connectivity index (χ0) is 25.3. The van der Waals surface area contributed by atoms with Gasteiger partial charge in [-0.15, -0.1) is 11.3 Å². The van der Waals surface area contributed by atoms with Crippen molar-refractivity contribution in [2.75, 3.05) is 31.5 Å². The number of amides is 1. The Labute approximate surface area is 219 Å². The molecule has 10 heteroatoms. The summed E-state index contributed by atoms with van der Waals surface area (Å²) in [5, 5.41) is 5.28. The van der Waals surface area contributed by atoms with Gasteiger partial charge in [0.2, 0.25) is 5.95 Å². The minimum Gasteiger partial charge on any atom is -0.444 e. The number of aromatic nitrogens is 3. The molecule has 0 saturated carbocycles. The molecule has 3 aromatic heterocycles. The van der Waals surface area contributed by atoms with Crippen LogP contribution in [0.3, 0.4) is 0 Å². The smallest absolute Gasteiger partial charge is 0.410 e. The number of thiophene rings is 1. The third kappa shape index (κ3) is 5.80. The summed E-state index contributed by atoms with van der Waals surface area (Å²) in [4.78, 5) is 28.9. The SMILES string of the molecule is CC(C)(C)OC(=O)N1CCN(Cc2ccnc(Nc3nc4ccc(-c5ccsc5Cl)cc4[nH]3)c2)CC1. The molecule has 188 valence electrons.